The molecule has 1 N–H and O–H groups in total. The highest BCUT2D eigenvalue weighted by molar-refractivity contribution is 7.86. The summed E-state index contributed by atoms with van der Waals surface area (Å²) in [5.74, 6) is 0. The summed E-state index contributed by atoms with van der Waals surface area (Å²) in [7, 11) is -1.35. The number of benzene rings is 1. The first-order valence-electron chi connectivity index (χ1n) is 4.87. The molecule has 1 aliphatic rings. The molecule has 0 aromatic heterocycles. The smallest absolute Gasteiger partial charge is 0.314 e. The molecule has 1 aliphatic heterocycles. The van der Waals surface area contributed by atoms with E-state index in [1.54, 1.807) is 0 Å². The molecular formula is C10H9ClF3NOS. The van der Waals surface area contributed by atoms with Crippen LogP contribution in [0.2, 0.25) is 5.02 Å². The molecule has 0 saturated carbocycles. The number of halogens is 4. The Morgan fingerprint density at radius 2 is 2.00 bits per heavy atom. The van der Waals surface area contributed by atoms with E-state index in [9.17, 15) is 17.4 Å². The van der Waals surface area contributed by atoms with Crippen molar-refractivity contribution in [1.82, 2.24) is 5.32 Å². The summed E-state index contributed by atoms with van der Waals surface area (Å²) >= 11 is 5.74. The van der Waals surface area contributed by atoms with E-state index in [2.05, 4.69) is 5.32 Å². The van der Waals surface area contributed by atoms with Crippen molar-refractivity contribution in [3.05, 3.63) is 28.8 Å². The van der Waals surface area contributed by atoms with Crippen LogP contribution in [-0.4, -0.2) is 22.5 Å². The lowest BCUT2D eigenvalue weighted by atomic mass is 10.2. The lowest BCUT2D eigenvalue weighted by Crippen LogP contribution is -2.49. The zero-order valence-electron chi connectivity index (χ0n) is 8.55. The van der Waals surface area contributed by atoms with Crippen molar-refractivity contribution < 1.29 is 17.4 Å². The lowest BCUT2D eigenvalue weighted by Gasteiger charge is -2.26. The second kappa shape index (κ2) is 4.59. The summed E-state index contributed by atoms with van der Waals surface area (Å²) < 4.78 is 49.1. The van der Waals surface area contributed by atoms with Crippen LogP contribution < -0.4 is 5.32 Å². The van der Waals surface area contributed by atoms with Crippen LogP contribution in [0.15, 0.2) is 23.1 Å². The maximum Gasteiger partial charge on any atom is 0.416 e. The minimum Gasteiger partial charge on any atom is -0.314 e. The zero-order valence-corrected chi connectivity index (χ0v) is 10.1. The van der Waals surface area contributed by atoms with Crippen molar-refractivity contribution in [3.8, 4) is 0 Å². The van der Waals surface area contributed by atoms with E-state index in [1.165, 1.54) is 6.07 Å². The third-order valence-electron chi connectivity index (χ3n) is 2.52. The van der Waals surface area contributed by atoms with Crippen molar-refractivity contribution in [2.75, 3.05) is 13.1 Å². The standard InChI is InChI=1S/C10H9ClF3NOS/c11-8-3-6(10(12,13)14)1-2-9(8)17(16)7-4-15-5-7/h1-3,7,15H,4-5H2. The molecule has 1 aromatic carbocycles. The molecule has 1 aromatic rings. The van der Waals surface area contributed by atoms with Gasteiger partial charge in [-0.3, -0.25) is 4.21 Å². The predicted octanol–water partition coefficient (Wildman–Crippen LogP) is 2.44. The predicted molar refractivity (Wildman–Crippen MR) is 59.5 cm³/mol. The van der Waals surface area contributed by atoms with E-state index in [4.69, 9.17) is 11.6 Å². The van der Waals surface area contributed by atoms with E-state index in [1.807, 2.05) is 0 Å². The Kier molecular flexibility index (Phi) is 3.47. The van der Waals surface area contributed by atoms with Gasteiger partial charge >= 0.3 is 6.18 Å². The molecule has 0 spiro atoms. The van der Waals surface area contributed by atoms with E-state index in [-0.39, 0.29) is 15.2 Å². The second-order valence-electron chi connectivity index (χ2n) is 3.72. The van der Waals surface area contributed by atoms with Crippen molar-refractivity contribution >= 4 is 22.4 Å². The van der Waals surface area contributed by atoms with Gasteiger partial charge in [-0.25, -0.2) is 0 Å². The Bertz CT molecular complexity index is 459. The first kappa shape index (κ1) is 12.9. The number of nitrogens with one attached hydrogen (secondary N) is 1. The molecule has 1 unspecified atom stereocenters. The highest BCUT2D eigenvalue weighted by Crippen LogP contribution is 2.33. The van der Waals surface area contributed by atoms with Crippen molar-refractivity contribution in [3.63, 3.8) is 0 Å². The molecule has 17 heavy (non-hydrogen) atoms. The number of hydrogen-bond acceptors (Lipinski definition) is 2. The van der Waals surface area contributed by atoms with Gasteiger partial charge in [0.1, 0.15) is 0 Å². The van der Waals surface area contributed by atoms with Gasteiger partial charge in [-0.2, -0.15) is 13.2 Å². The third-order valence-corrected chi connectivity index (χ3v) is 4.68. The van der Waals surface area contributed by atoms with Crippen LogP contribution in [0.25, 0.3) is 0 Å². The van der Waals surface area contributed by atoms with Crippen LogP contribution in [0, 0.1) is 0 Å². The number of rotatable bonds is 2. The van der Waals surface area contributed by atoms with Gasteiger partial charge in [0, 0.05) is 13.1 Å². The van der Waals surface area contributed by atoms with Gasteiger partial charge in [-0.1, -0.05) is 11.6 Å². The quantitative estimate of drug-likeness (QED) is 0.903. The molecule has 7 heteroatoms. The minimum atomic E-state index is -4.43. The second-order valence-corrected chi connectivity index (χ2v) is 5.83. The molecule has 1 heterocycles. The Labute approximate surface area is 104 Å². The average molecular weight is 284 g/mol. The molecular weight excluding hydrogens is 275 g/mol. The van der Waals surface area contributed by atoms with Gasteiger partial charge < -0.3 is 5.32 Å². The van der Waals surface area contributed by atoms with Gasteiger partial charge in [0.15, 0.2) is 0 Å². The Morgan fingerprint density at radius 3 is 2.41 bits per heavy atom. The largest absolute Gasteiger partial charge is 0.416 e. The van der Waals surface area contributed by atoms with E-state index < -0.39 is 22.5 Å². The molecule has 0 bridgehead atoms. The minimum absolute atomic E-state index is 0.0655. The summed E-state index contributed by atoms with van der Waals surface area (Å²) in [5.41, 5.74) is -0.824. The van der Waals surface area contributed by atoms with E-state index in [0.717, 1.165) is 12.1 Å². The molecule has 0 amide bonds. The van der Waals surface area contributed by atoms with Crippen molar-refractivity contribution in [2.24, 2.45) is 0 Å². The van der Waals surface area contributed by atoms with Crippen LogP contribution in [0.5, 0.6) is 0 Å². The Morgan fingerprint density at radius 1 is 1.35 bits per heavy atom. The molecule has 2 nitrogen and oxygen atoms in total. The van der Waals surface area contributed by atoms with Crippen LogP contribution in [-0.2, 0) is 17.0 Å². The van der Waals surface area contributed by atoms with E-state index in [0.29, 0.717) is 13.1 Å². The highest BCUT2D eigenvalue weighted by Gasteiger charge is 2.32. The maximum absolute atomic E-state index is 12.4. The highest BCUT2D eigenvalue weighted by atomic mass is 35.5. The summed E-state index contributed by atoms with van der Waals surface area (Å²) in [6, 6.07) is 2.92. The van der Waals surface area contributed by atoms with Crippen molar-refractivity contribution in [2.45, 2.75) is 16.3 Å². The van der Waals surface area contributed by atoms with Crippen LogP contribution in [0.3, 0.4) is 0 Å². The summed E-state index contributed by atoms with van der Waals surface area (Å²) in [6.07, 6.45) is -4.43. The number of alkyl halides is 3. The normalized spacial score (nSPS) is 18.8. The first-order valence-corrected chi connectivity index (χ1v) is 6.47. The first-order chi connectivity index (χ1) is 7.89. The van der Waals surface area contributed by atoms with E-state index >= 15 is 0 Å². The SMILES string of the molecule is O=S(c1ccc(C(F)(F)F)cc1Cl)C1CNC1. The van der Waals surface area contributed by atoms with Gasteiger partial charge in [0.05, 0.1) is 31.5 Å². The molecule has 0 aliphatic carbocycles. The molecule has 1 saturated heterocycles. The molecule has 1 fully saturated rings. The Balaban J connectivity index is 2.28. The monoisotopic (exact) mass is 283 g/mol. The molecule has 0 radical (unpaired) electrons. The van der Waals surface area contributed by atoms with Crippen molar-refractivity contribution in [1.29, 1.82) is 0 Å². The fraction of sp³-hybridized carbons (Fsp3) is 0.400. The topological polar surface area (TPSA) is 29.1 Å². The Hall–Kier alpha value is -0.590. The fourth-order valence-corrected chi connectivity index (χ4v) is 3.19. The number of hydrogen-bond donors (Lipinski definition) is 1. The van der Waals surface area contributed by atoms with Gasteiger partial charge in [0.25, 0.3) is 0 Å². The fourth-order valence-electron chi connectivity index (χ4n) is 1.43. The van der Waals surface area contributed by atoms with Crippen LogP contribution in [0.1, 0.15) is 5.56 Å². The zero-order chi connectivity index (χ0) is 12.6. The molecule has 1 atom stereocenters. The van der Waals surface area contributed by atoms with Crippen LogP contribution >= 0.6 is 11.6 Å². The molecule has 2 rings (SSSR count). The summed E-state index contributed by atoms with van der Waals surface area (Å²) in [4.78, 5) is 0.270. The van der Waals surface area contributed by atoms with Gasteiger partial charge in [-0.05, 0) is 18.2 Å². The van der Waals surface area contributed by atoms with Gasteiger partial charge in [0.2, 0.25) is 0 Å². The van der Waals surface area contributed by atoms with Crippen LogP contribution in [0.4, 0.5) is 13.2 Å². The maximum atomic E-state index is 12.4. The summed E-state index contributed by atoms with van der Waals surface area (Å²) in [5, 5.41) is 2.79. The molecule has 94 valence electrons. The average Bonchev–Trinajstić information content (AvgIpc) is 2.12. The van der Waals surface area contributed by atoms with Gasteiger partial charge in [-0.15, -0.1) is 0 Å². The summed E-state index contributed by atoms with van der Waals surface area (Å²) in [6.45, 7) is 1.20. The third kappa shape index (κ3) is 2.64. The lowest BCUT2D eigenvalue weighted by molar-refractivity contribution is -0.137.